The van der Waals surface area contributed by atoms with Gasteiger partial charge in [0, 0.05) is 26.5 Å². The van der Waals surface area contributed by atoms with E-state index in [0.29, 0.717) is 44.6 Å². The first-order chi connectivity index (χ1) is 26.5. The molecule has 4 amide bonds. The van der Waals surface area contributed by atoms with Gasteiger partial charge in [0.15, 0.2) is 0 Å². The minimum Gasteiger partial charge on any atom is -0.508 e. The van der Waals surface area contributed by atoms with Crippen molar-refractivity contribution >= 4 is 80.8 Å². The maximum absolute atomic E-state index is 15.5. The highest BCUT2D eigenvalue weighted by Gasteiger charge is 2.71. The molecule has 0 aromatic heterocycles. The predicted molar refractivity (Wildman–Crippen MR) is 214 cm³/mol. The number of carbonyl (C=O) groups is 4. The molecule has 4 aromatic carbocycles. The summed E-state index contributed by atoms with van der Waals surface area (Å²) in [5.41, 5.74) is 5.04. The number of hydrogen-bond donors (Lipinski definition) is 2. The molecule has 0 spiro atoms. The van der Waals surface area contributed by atoms with E-state index in [9.17, 15) is 14.7 Å². The molecule has 2 N–H and O–H groups in total. The Morgan fingerprint density at radius 1 is 0.909 bits per heavy atom. The zero-order valence-electron chi connectivity index (χ0n) is 29.2. The van der Waals surface area contributed by atoms with Crippen molar-refractivity contribution in [3.05, 3.63) is 133 Å². The Labute approximate surface area is 339 Å². The zero-order chi connectivity index (χ0) is 38.3. The second-order valence-corrected chi connectivity index (χ2v) is 16.6. The van der Waals surface area contributed by atoms with E-state index in [4.69, 9.17) is 32.7 Å². The molecule has 278 valence electrons. The van der Waals surface area contributed by atoms with Gasteiger partial charge in [-0.05, 0) is 125 Å². The molecule has 13 heteroatoms. The van der Waals surface area contributed by atoms with Crippen molar-refractivity contribution in [1.82, 2.24) is 5.01 Å². The highest BCUT2D eigenvalue weighted by atomic mass is 127. The van der Waals surface area contributed by atoms with Gasteiger partial charge in [-0.15, -0.1) is 0 Å². The van der Waals surface area contributed by atoms with Crippen LogP contribution in [0.15, 0.2) is 108 Å². The third kappa shape index (κ3) is 5.48. The number of nitrogens with one attached hydrogen (secondary N) is 1. The maximum Gasteiger partial charge on any atom is 0.260 e. The van der Waals surface area contributed by atoms with Crippen LogP contribution in [-0.2, 0) is 31.0 Å². The summed E-state index contributed by atoms with van der Waals surface area (Å²) in [7, 11) is 1.55. The zero-order valence-corrected chi connectivity index (χ0v) is 32.8. The summed E-state index contributed by atoms with van der Waals surface area (Å²) in [5, 5.41) is 12.1. The summed E-state index contributed by atoms with van der Waals surface area (Å²) < 4.78 is 12.7. The largest absolute Gasteiger partial charge is 0.508 e. The van der Waals surface area contributed by atoms with Crippen molar-refractivity contribution in [2.75, 3.05) is 17.4 Å². The van der Waals surface area contributed by atoms with Crippen LogP contribution in [0.5, 0.6) is 17.2 Å². The van der Waals surface area contributed by atoms with Crippen LogP contribution in [-0.4, -0.2) is 40.9 Å². The molecule has 0 unspecified atom stereocenters. The lowest BCUT2D eigenvalue weighted by Gasteiger charge is -2.51. The first-order valence-electron chi connectivity index (χ1n) is 17.8. The lowest BCUT2D eigenvalue weighted by atomic mass is 9.48. The molecule has 3 aliphatic heterocycles. The summed E-state index contributed by atoms with van der Waals surface area (Å²) in [6.07, 6.45) is 4.32. The molecule has 0 bridgehead atoms. The number of phenols is 1. The number of anilines is 2. The quantitative estimate of drug-likeness (QED) is 0.114. The van der Waals surface area contributed by atoms with E-state index in [2.05, 4.69) is 28.0 Å². The number of benzene rings is 4. The number of phenolic OH excluding ortho intramolecular Hbond substituents is 1. The van der Waals surface area contributed by atoms with Gasteiger partial charge in [-0.3, -0.25) is 29.5 Å². The van der Waals surface area contributed by atoms with Gasteiger partial charge in [-0.2, -0.15) is 5.01 Å². The summed E-state index contributed by atoms with van der Waals surface area (Å²) >= 11 is 14.9. The number of halogens is 3. The molecule has 4 aromatic rings. The van der Waals surface area contributed by atoms with Crippen molar-refractivity contribution in [2.24, 2.45) is 29.6 Å². The lowest BCUT2D eigenvalue weighted by molar-refractivity contribution is -0.139. The topological polar surface area (TPSA) is 125 Å². The van der Waals surface area contributed by atoms with Crippen LogP contribution >= 0.6 is 45.8 Å². The minimum atomic E-state index is -1.53. The fourth-order valence-corrected chi connectivity index (χ4v) is 10.3. The number of nitrogens with zero attached hydrogens (tertiary/aromatic N) is 2. The number of rotatable bonds is 6. The molecule has 10 nitrogen and oxygen atoms in total. The fraction of sp³-hybridized carbons (Fsp3) is 0.238. The lowest BCUT2D eigenvalue weighted by Crippen LogP contribution is -2.55. The third-order valence-corrected chi connectivity index (χ3v) is 13.1. The standard InChI is InChI=1S/C42H32Cl2IN3O7/c1-54-28-10-2-23(3-11-28)42-32(39(51)48(41(42)53)46-34-14-4-24(43)18-33(34)44)19-31-29(37(42)22-16-21-17-27(49)9-15-35(21)55-20-22)12-13-30-36(31)40(52)47(38(30)50)26-7-5-25(45)6-8-26/h2-12,14-15,17-18,20,30-32,36-37,46,49H,13,16,19H2,1H3/t30-,31+,32-,36-,37-,42+/m0/s1. The molecular weight excluding hydrogens is 856 g/mol. The minimum absolute atomic E-state index is 0.0562. The number of imide groups is 2. The normalized spacial score (nSPS) is 26.7. The molecule has 3 heterocycles. The summed E-state index contributed by atoms with van der Waals surface area (Å²) in [5.74, 6) is -4.19. The number of hydrogen-bond acceptors (Lipinski definition) is 8. The maximum atomic E-state index is 15.5. The van der Waals surface area contributed by atoms with Gasteiger partial charge in [0.2, 0.25) is 11.8 Å². The molecule has 2 aliphatic carbocycles. The fourth-order valence-electron chi connectivity index (χ4n) is 9.50. The van der Waals surface area contributed by atoms with E-state index in [1.54, 1.807) is 68.0 Å². The molecule has 5 aliphatic rings. The van der Waals surface area contributed by atoms with Crippen LogP contribution in [0.3, 0.4) is 0 Å². The monoisotopic (exact) mass is 887 g/mol. The molecule has 0 radical (unpaired) electrons. The van der Waals surface area contributed by atoms with Crippen LogP contribution in [0.1, 0.15) is 24.0 Å². The van der Waals surface area contributed by atoms with Crippen LogP contribution in [0.25, 0.3) is 0 Å². The van der Waals surface area contributed by atoms with Crippen molar-refractivity contribution in [3.8, 4) is 17.2 Å². The van der Waals surface area contributed by atoms with Gasteiger partial charge in [-0.25, -0.2) is 0 Å². The number of amides is 4. The van der Waals surface area contributed by atoms with E-state index < -0.39 is 46.8 Å². The molecule has 2 saturated heterocycles. The summed E-state index contributed by atoms with van der Waals surface area (Å²) in [6, 6.07) is 23.9. The average Bonchev–Trinajstić information content (AvgIpc) is 3.56. The summed E-state index contributed by atoms with van der Waals surface area (Å²) in [4.78, 5) is 60.5. The predicted octanol–water partition coefficient (Wildman–Crippen LogP) is 7.85. The first-order valence-corrected chi connectivity index (χ1v) is 19.6. The van der Waals surface area contributed by atoms with E-state index in [-0.39, 0.29) is 41.8 Å². The third-order valence-electron chi connectivity index (χ3n) is 11.8. The molecule has 3 fully saturated rings. The van der Waals surface area contributed by atoms with E-state index in [1.165, 1.54) is 11.0 Å². The van der Waals surface area contributed by atoms with Crippen molar-refractivity contribution in [3.63, 3.8) is 0 Å². The Bertz CT molecular complexity index is 2380. The smallest absolute Gasteiger partial charge is 0.260 e. The molecular formula is C42H32Cl2IN3O7. The van der Waals surface area contributed by atoms with Gasteiger partial charge >= 0.3 is 0 Å². The van der Waals surface area contributed by atoms with Gasteiger partial charge in [0.25, 0.3) is 11.8 Å². The van der Waals surface area contributed by atoms with Gasteiger partial charge in [-0.1, -0.05) is 47.0 Å². The first kappa shape index (κ1) is 35.8. The van der Waals surface area contributed by atoms with Crippen molar-refractivity contribution in [2.45, 2.75) is 24.7 Å². The Kier molecular flexibility index (Phi) is 8.74. The number of carbonyl (C=O) groups excluding carboxylic acids is 4. The Hall–Kier alpha value is -4.85. The Morgan fingerprint density at radius 2 is 1.67 bits per heavy atom. The van der Waals surface area contributed by atoms with Crippen LogP contribution in [0.2, 0.25) is 10.0 Å². The van der Waals surface area contributed by atoms with Gasteiger partial charge in [0.1, 0.15) is 17.2 Å². The van der Waals surface area contributed by atoms with Crippen LogP contribution in [0, 0.1) is 33.2 Å². The van der Waals surface area contributed by atoms with E-state index in [1.807, 2.05) is 30.3 Å². The van der Waals surface area contributed by atoms with Crippen LogP contribution < -0.4 is 19.8 Å². The summed E-state index contributed by atoms with van der Waals surface area (Å²) in [6.45, 7) is 0. The molecule has 1 saturated carbocycles. The number of ether oxygens (including phenoxy) is 2. The molecule has 9 rings (SSSR count). The molecule has 55 heavy (non-hydrogen) atoms. The highest BCUT2D eigenvalue weighted by Crippen LogP contribution is 2.63. The highest BCUT2D eigenvalue weighted by molar-refractivity contribution is 14.1. The van der Waals surface area contributed by atoms with Crippen molar-refractivity contribution < 1.29 is 33.8 Å². The van der Waals surface area contributed by atoms with E-state index >= 15 is 9.59 Å². The number of fused-ring (bicyclic) bond motifs is 5. The van der Waals surface area contributed by atoms with E-state index in [0.717, 1.165) is 14.2 Å². The second kappa shape index (κ2) is 13.4. The molecule has 6 atom stereocenters. The number of allylic oxidation sites excluding steroid dienone is 3. The number of aromatic hydroxyl groups is 1. The SMILES string of the molecule is COc1ccc([C@@]23C(=O)N(Nc4ccc(Cl)cc4Cl)C(=O)[C@@H]2C[C@@H]2C(=CC[C@@H]4C(=O)N(c5ccc(I)cc5)C(=O)[C@@H]42)[C@@H]3C2=COc3ccc(O)cc3C2)cc1. The Balaban J connectivity index is 1.23. The Morgan fingerprint density at radius 3 is 2.40 bits per heavy atom. The van der Waals surface area contributed by atoms with Gasteiger partial charge < -0.3 is 14.6 Å². The average molecular weight is 889 g/mol. The number of methoxy groups -OCH3 is 1. The van der Waals surface area contributed by atoms with Gasteiger partial charge in [0.05, 0.1) is 52.9 Å². The number of hydrazine groups is 1. The second-order valence-electron chi connectivity index (χ2n) is 14.5. The van der Waals surface area contributed by atoms with Crippen molar-refractivity contribution in [1.29, 1.82) is 0 Å². The van der Waals surface area contributed by atoms with Crippen LogP contribution in [0.4, 0.5) is 11.4 Å².